The van der Waals surface area contributed by atoms with Gasteiger partial charge in [0.25, 0.3) is 0 Å². The minimum absolute atomic E-state index is 0.449. The summed E-state index contributed by atoms with van der Waals surface area (Å²) in [5.74, 6) is -1.44. The van der Waals surface area contributed by atoms with Crippen molar-refractivity contribution in [3.05, 3.63) is 35.9 Å². The topological polar surface area (TPSA) is 104 Å². The third-order valence-electron chi connectivity index (χ3n) is 2.50. The minimum atomic E-state index is -4.03. The van der Waals surface area contributed by atoms with Gasteiger partial charge in [0.2, 0.25) is 10.0 Å². The van der Waals surface area contributed by atoms with Crippen molar-refractivity contribution >= 4 is 16.0 Å². The van der Waals surface area contributed by atoms with Crippen molar-refractivity contribution in [2.45, 2.75) is 18.2 Å². The highest BCUT2D eigenvalue weighted by Crippen LogP contribution is 2.14. The van der Waals surface area contributed by atoms with Crippen LogP contribution in [0.3, 0.4) is 0 Å². The van der Waals surface area contributed by atoms with Crippen LogP contribution in [-0.4, -0.2) is 36.5 Å². The maximum atomic E-state index is 11.7. The van der Waals surface area contributed by atoms with E-state index in [1.165, 1.54) is 0 Å². The Kier molecular flexibility index (Phi) is 4.83. The lowest BCUT2D eigenvalue weighted by atomic mass is 10.1. The van der Waals surface area contributed by atoms with Gasteiger partial charge in [0.15, 0.2) is 5.25 Å². The van der Waals surface area contributed by atoms with E-state index in [1.807, 2.05) is 0 Å². The van der Waals surface area contributed by atoms with Gasteiger partial charge in [-0.25, -0.2) is 13.1 Å². The standard InChI is InChI=1S/C11H15NO5S/c1-8(11(14)15)18(16,17)12-10(7-13)9-5-3-2-4-6-9/h2-6,8,10,12-13H,7H2,1H3,(H,14,15)/t8?,10-/m0/s1. The van der Waals surface area contributed by atoms with Gasteiger partial charge in [-0.3, -0.25) is 4.79 Å². The zero-order valence-electron chi connectivity index (χ0n) is 9.78. The molecule has 0 bridgehead atoms. The van der Waals surface area contributed by atoms with E-state index in [0.717, 1.165) is 6.92 Å². The highest BCUT2D eigenvalue weighted by atomic mass is 32.2. The Balaban J connectivity index is 2.91. The lowest BCUT2D eigenvalue weighted by Crippen LogP contribution is -2.40. The summed E-state index contributed by atoms with van der Waals surface area (Å²) in [6.45, 7) is 0.625. The van der Waals surface area contributed by atoms with Crippen molar-refractivity contribution < 1.29 is 23.4 Å². The summed E-state index contributed by atoms with van der Waals surface area (Å²) in [6, 6.07) is 7.61. The Morgan fingerprint density at radius 1 is 1.33 bits per heavy atom. The van der Waals surface area contributed by atoms with Gasteiger partial charge in [-0.05, 0) is 12.5 Å². The molecule has 0 spiro atoms. The molecule has 2 atom stereocenters. The molecule has 1 aromatic carbocycles. The molecule has 1 unspecified atom stereocenters. The molecule has 1 aromatic rings. The van der Waals surface area contributed by atoms with Crippen LogP contribution in [0.1, 0.15) is 18.5 Å². The lowest BCUT2D eigenvalue weighted by Gasteiger charge is -2.18. The van der Waals surface area contributed by atoms with Gasteiger partial charge in [-0.1, -0.05) is 30.3 Å². The molecule has 0 aliphatic heterocycles. The van der Waals surface area contributed by atoms with Crippen molar-refractivity contribution in [1.82, 2.24) is 4.72 Å². The van der Waals surface area contributed by atoms with Crippen molar-refractivity contribution in [2.24, 2.45) is 0 Å². The average Bonchev–Trinajstić information content (AvgIpc) is 2.36. The first kappa shape index (κ1) is 14.6. The second kappa shape index (κ2) is 5.94. The number of carboxylic acid groups (broad SMARTS) is 1. The molecule has 0 heterocycles. The number of carboxylic acids is 1. The summed E-state index contributed by atoms with van der Waals surface area (Å²) in [5.41, 5.74) is 0.571. The van der Waals surface area contributed by atoms with Gasteiger partial charge in [0, 0.05) is 0 Å². The van der Waals surface area contributed by atoms with Crippen LogP contribution in [0.5, 0.6) is 0 Å². The first-order chi connectivity index (χ1) is 8.38. The Labute approximate surface area is 105 Å². The van der Waals surface area contributed by atoms with E-state index in [9.17, 15) is 18.3 Å². The molecular formula is C11H15NO5S. The molecule has 0 aromatic heterocycles. The molecule has 0 aliphatic carbocycles. The van der Waals surface area contributed by atoms with Crippen molar-refractivity contribution in [3.8, 4) is 0 Å². The maximum absolute atomic E-state index is 11.7. The van der Waals surface area contributed by atoms with Gasteiger partial charge in [0.1, 0.15) is 0 Å². The number of carbonyl (C=O) groups is 1. The molecular weight excluding hydrogens is 258 g/mol. The molecule has 0 saturated carbocycles. The van der Waals surface area contributed by atoms with Crippen LogP contribution in [0.25, 0.3) is 0 Å². The maximum Gasteiger partial charge on any atom is 0.323 e. The van der Waals surface area contributed by atoms with Gasteiger partial charge < -0.3 is 10.2 Å². The fraction of sp³-hybridized carbons (Fsp3) is 0.364. The van der Waals surface area contributed by atoms with Crippen molar-refractivity contribution in [3.63, 3.8) is 0 Å². The SMILES string of the molecule is CC(C(=O)O)S(=O)(=O)N[C@@H](CO)c1ccccc1. The van der Waals surface area contributed by atoms with E-state index >= 15 is 0 Å². The molecule has 100 valence electrons. The smallest absolute Gasteiger partial charge is 0.323 e. The van der Waals surface area contributed by atoms with Crippen LogP contribution in [0.2, 0.25) is 0 Å². The van der Waals surface area contributed by atoms with E-state index < -0.39 is 33.9 Å². The molecule has 0 amide bonds. The fourth-order valence-electron chi connectivity index (χ4n) is 1.33. The number of rotatable bonds is 6. The molecule has 0 radical (unpaired) electrons. The highest BCUT2D eigenvalue weighted by molar-refractivity contribution is 7.90. The molecule has 18 heavy (non-hydrogen) atoms. The first-order valence-electron chi connectivity index (χ1n) is 5.28. The quantitative estimate of drug-likeness (QED) is 0.682. The van der Waals surface area contributed by atoms with Crippen LogP contribution < -0.4 is 4.72 Å². The summed E-state index contributed by atoms with van der Waals surface area (Å²) >= 11 is 0. The number of hydrogen-bond donors (Lipinski definition) is 3. The summed E-state index contributed by atoms with van der Waals surface area (Å²) < 4.78 is 25.6. The Bertz CT molecular complexity index is 499. The van der Waals surface area contributed by atoms with E-state index in [4.69, 9.17) is 5.11 Å². The van der Waals surface area contributed by atoms with Crippen LogP contribution in [0, 0.1) is 0 Å². The monoisotopic (exact) mass is 273 g/mol. The molecule has 0 aliphatic rings. The van der Waals surface area contributed by atoms with E-state index in [2.05, 4.69) is 4.72 Å². The number of aliphatic hydroxyl groups is 1. The third kappa shape index (κ3) is 3.52. The zero-order valence-corrected chi connectivity index (χ0v) is 10.6. The fourth-order valence-corrected chi connectivity index (χ4v) is 2.41. The Morgan fingerprint density at radius 2 is 1.89 bits per heavy atom. The summed E-state index contributed by atoms with van der Waals surface area (Å²) in [6.07, 6.45) is 0. The van der Waals surface area contributed by atoms with Gasteiger partial charge in [-0.15, -0.1) is 0 Å². The lowest BCUT2D eigenvalue weighted by molar-refractivity contribution is -0.136. The summed E-state index contributed by atoms with van der Waals surface area (Å²) in [5, 5.41) is 16.3. The van der Waals surface area contributed by atoms with Crippen LogP contribution >= 0.6 is 0 Å². The van der Waals surface area contributed by atoms with Crippen LogP contribution in [-0.2, 0) is 14.8 Å². The predicted octanol–water partition coefficient (Wildman–Crippen LogP) is 0.113. The first-order valence-corrected chi connectivity index (χ1v) is 6.83. The van der Waals surface area contributed by atoms with E-state index in [1.54, 1.807) is 30.3 Å². The summed E-state index contributed by atoms with van der Waals surface area (Å²) in [4.78, 5) is 10.7. The van der Waals surface area contributed by atoms with Crippen molar-refractivity contribution in [2.75, 3.05) is 6.61 Å². The molecule has 1 rings (SSSR count). The molecule has 0 saturated heterocycles. The molecule has 6 nitrogen and oxygen atoms in total. The van der Waals surface area contributed by atoms with Gasteiger partial charge in [-0.2, -0.15) is 0 Å². The molecule has 7 heteroatoms. The zero-order chi connectivity index (χ0) is 13.8. The van der Waals surface area contributed by atoms with E-state index in [0.29, 0.717) is 5.56 Å². The third-order valence-corrected chi connectivity index (χ3v) is 4.25. The predicted molar refractivity (Wildman–Crippen MR) is 65.4 cm³/mol. The number of aliphatic hydroxyl groups excluding tert-OH is 1. The van der Waals surface area contributed by atoms with Gasteiger partial charge >= 0.3 is 5.97 Å². The molecule has 3 N–H and O–H groups in total. The van der Waals surface area contributed by atoms with Gasteiger partial charge in [0.05, 0.1) is 12.6 Å². The van der Waals surface area contributed by atoms with Crippen LogP contribution in [0.15, 0.2) is 30.3 Å². The minimum Gasteiger partial charge on any atom is -0.480 e. The Hall–Kier alpha value is -1.44. The molecule has 0 fully saturated rings. The average molecular weight is 273 g/mol. The summed E-state index contributed by atoms with van der Waals surface area (Å²) in [7, 11) is -4.03. The van der Waals surface area contributed by atoms with Crippen LogP contribution in [0.4, 0.5) is 0 Å². The highest BCUT2D eigenvalue weighted by Gasteiger charge is 2.30. The Morgan fingerprint density at radius 3 is 2.33 bits per heavy atom. The normalized spacial score (nSPS) is 15.0. The van der Waals surface area contributed by atoms with Crippen molar-refractivity contribution in [1.29, 1.82) is 0 Å². The number of sulfonamides is 1. The van der Waals surface area contributed by atoms with E-state index in [-0.39, 0.29) is 0 Å². The number of benzene rings is 1. The largest absolute Gasteiger partial charge is 0.480 e. The number of hydrogen-bond acceptors (Lipinski definition) is 4. The number of aliphatic carboxylic acids is 1. The second-order valence-electron chi connectivity index (χ2n) is 3.79. The number of nitrogens with one attached hydrogen (secondary N) is 1. The second-order valence-corrected chi connectivity index (χ2v) is 5.82.